The van der Waals surface area contributed by atoms with Crippen LogP contribution in [-0.2, 0) is 19.5 Å². The summed E-state index contributed by atoms with van der Waals surface area (Å²) in [7, 11) is 0. The van der Waals surface area contributed by atoms with Crippen LogP contribution in [-0.4, -0.2) is 36.5 Å². The first-order valence-corrected chi connectivity index (χ1v) is 8.45. The number of carbonyl (C=O) groups is 1. The van der Waals surface area contributed by atoms with E-state index in [1.165, 1.54) is 0 Å². The van der Waals surface area contributed by atoms with Crippen molar-refractivity contribution in [2.45, 2.75) is 38.9 Å². The van der Waals surface area contributed by atoms with Crippen LogP contribution in [0.25, 0.3) is 0 Å². The number of nitrogens with one attached hydrogen (secondary N) is 1. The monoisotopic (exact) mass is 336 g/mol. The van der Waals surface area contributed by atoms with Gasteiger partial charge in [-0.3, -0.25) is 4.79 Å². The zero-order chi connectivity index (χ0) is 17.2. The standard InChI is InChI=1S/C18H20N6O/c1-13-9-23-11-15(7-8-17(23)19-13)20-18(25)16-12-24(22-21-16)10-14-5-3-2-4-6-14/h2-6,9,12,15H,7-8,10-11H2,1H3,(H,20,25). The lowest BCUT2D eigenvalue weighted by atomic mass is 10.1. The number of carbonyl (C=O) groups excluding carboxylic acids is 1. The number of benzene rings is 1. The number of hydrogen-bond acceptors (Lipinski definition) is 4. The maximum absolute atomic E-state index is 12.4. The Bertz CT molecular complexity index is 882. The highest BCUT2D eigenvalue weighted by Crippen LogP contribution is 2.15. The molecular formula is C18H20N6O. The van der Waals surface area contributed by atoms with Gasteiger partial charge in [-0.1, -0.05) is 35.5 Å². The van der Waals surface area contributed by atoms with E-state index in [-0.39, 0.29) is 11.9 Å². The van der Waals surface area contributed by atoms with Gasteiger partial charge in [-0.15, -0.1) is 5.10 Å². The molecule has 1 N–H and O–H groups in total. The van der Waals surface area contributed by atoms with Crippen molar-refractivity contribution in [3.63, 3.8) is 0 Å². The zero-order valence-electron chi connectivity index (χ0n) is 14.1. The summed E-state index contributed by atoms with van der Waals surface area (Å²) in [6.07, 6.45) is 5.49. The van der Waals surface area contributed by atoms with E-state index in [1.54, 1.807) is 10.9 Å². The average molecular weight is 336 g/mol. The molecule has 1 aromatic carbocycles. The molecule has 0 saturated heterocycles. The SMILES string of the molecule is Cc1cn2c(n1)CCC(NC(=O)c1cn(Cc3ccccc3)nn1)C2. The van der Waals surface area contributed by atoms with Crippen LogP contribution in [0.1, 0.15) is 34.0 Å². The topological polar surface area (TPSA) is 77.6 Å². The van der Waals surface area contributed by atoms with Gasteiger partial charge in [0.15, 0.2) is 5.69 Å². The van der Waals surface area contributed by atoms with Crippen molar-refractivity contribution in [1.82, 2.24) is 29.9 Å². The Balaban J connectivity index is 1.39. The number of aromatic nitrogens is 5. The van der Waals surface area contributed by atoms with Gasteiger partial charge < -0.3 is 9.88 Å². The molecule has 1 atom stereocenters. The van der Waals surface area contributed by atoms with Crippen molar-refractivity contribution in [2.75, 3.05) is 0 Å². The number of nitrogens with zero attached hydrogens (tertiary/aromatic N) is 5. The molecule has 1 aliphatic rings. The Morgan fingerprint density at radius 3 is 2.96 bits per heavy atom. The first-order chi connectivity index (χ1) is 12.2. The van der Waals surface area contributed by atoms with Gasteiger partial charge in [0.25, 0.3) is 5.91 Å². The maximum Gasteiger partial charge on any atom is 0.273 e. The first-order valence-electron chi connectivity index (χ1n) is 8.45. The third-order valence-corrected chi connectivity index (χ3v) is 4.41. The number of rotatable bonds is 4. The Morgan fingerprint density at radius 2 is 2.12 bits per heavy atom. The molecule has 0 fully saturated rings. The molecule has 1 aliphatic heterocycles. The van der Waals surface area contributed by atoms with Crippen LogP contribution in [0.5, 0.6) is 0 Å². The zero-order valence-corrected chi connectivity index (χ0v) is 14.1. The van der Waals surface area contributed by atoms with Crippen molar-refractivity contribution in [3.8, 4) is 0 Å². The molecule has 0 aliphatic carbocycles. The minimum atomic E-state index is -0.176. The lowest BCUT2D eigenvalue weighted by Gasteiger charge is -2.24. The van der Waals surface area contributed by atoms with Gasteiger partial charge in [-0.05, 0) is 18.9 Å². The van der Waals surface area contributed by atoms with Crippen molar-refractivity contribution in [3.05, 3.63) is 65.5 Å². The van der Waals surface area contributed by atoms with E-state index in [1.807, 2.05) is 43.5 Å². The molecule has 0 bridgehead atoms. The summed E-state index contributed by atoms with van der Waals surface area (Å²) in [5.74, 6) is 0.918. The molecule has 4 rings (SSSR count). The molecule has 7 nitrogen and oxygen atoms in total. The number of hydrogen-bond donors (Lipinski definition) is 1. The normalized spacial score (nSPS) is 16.4. The second-order valence-electron chi connectivity index (χ2n) is 6.45. The smallest absolute Gasteiger partial charge is 0.273 e. The van der Waals surface area contributed by atoms with E-state index in [0.29, 0.717) is 12.2 Å². The van der Waals surface area contributed by atoms with Crippen LogP contribution in [0.4, 0.5) is 0 Å². The van der Waals surface area contributed by atoms with Crippen LogP contribution in [0.3, 0.4) is 0 Å². The van der Waals surface area contributed by atoms with Gasteiger partial charge in [-0.25, -0.2) is 9.67 Å². The highest BCUT2D eigenvalue weighted by atomic mass is 16.2. The van der Waals surface area contributed by atoms with Gasteiger partial charge >= 0.3 is 0 Å². The van der Waals surface area contributed by atoms with Crippen LogP contribution in [0, 0.1) is 6.92 Å². The largest absolute Gasteiger partial charge is 0.346 e. The van der Waals surface area contributed by atoms with Crippen molar-refractivity contribution in [1.29, 1.82) is 0 Å². The Kier molecular flexibility index (Phi) is 4.05. The summed E-state index contributed by atoms with van der Waals surface area (Å²) in [6.45, 7) is 3.34. The lowest BCUT2D eigenvalue weighted by molar-refractivity contribution is 0.0922. The molecule has 7 heteroatoms. The molecular weight excluding hydrogens is 316 g/mol. The Labute approximate surface area is 145 Å². The molecule has 25 heavy (non-hydrogen) atoms. The van der Waals surface area contributed by atoms with Gasteiger partial charge in [0.1, 0.15) is 5.82 Å². The van der Waals surface area contributed by atoms with E-state index in [9.17, 15) is 4.79 Å². The van der Waals surface area contributed by atoms with Crippen molar-refractivity contribution < 1.29 is 4.79 Å². The van der Waals surface area contributed by atoms with Gasteiger partial charge in [0.05, 0.1) is 18.4 Å². The predicted octanol–water partition coefficient (Wildman–Crippen LogP) is 1.58. The first kappa shape index (κ1) is 15.6. The molecule has 0 saturated carbocycles. The highest BCUT2D eigenvalue weighted by Gasteiger charge is 2.22. The minimum absolute atomic E-state index is 0.0906. The van der Waals surface area contributed by atoms with Crippen LogP contribution in [0.15, 0.2) is 42.7 Å². The summed E-state index contributed by atoms with van der Waals surface area (Å²) in [5, 5.41) is 11.1. The average Bonchev–Trinajstić information content (AvgIpc) is 3.21. The van der Waals surface area contributed by atoms with Crippen LogP contribution in [0.2, 0.25) is 0 Å². The molecule has 0 spiro atoms. The fourth-order valence-electron chi connectivity index (χ4n) is 3.21. The van der Waals surface area contributed by atoms with E-state index < -0.39 is 0 Å². The summed E-state index contributed by atoms with van der Waals surface area (Å²) in [6, 6.07) is 10.1. The summed E-state index contributed by atoms with van der Waals surface area (Å²) in [4.78, 5) is 16.9. The number of amides is 1. The molecule has 0 radical (unpaired) electrons. The number of imidazole rings is 1. The molecule has 3 heterocycles. The van der Waals surface area contributed by atoms with Crippen molar-refractivity contribution >= 4 is 5.91 Å². The van der Waals surface area contributed by atoms with Crippen molar-refractivity contribution in [2.24, 2.45) is 0 Å². The minimum Gasteiger partial charge on any atom is -0.346 e. The van der Waals surface area contributed by atoms with Crippen LogP contribution < -0.4 is 5.32 Å². The fraction of sp³-hybridized carbons (Fsp3) is 0.333. The quantitative estimate of drug-likeness (QED) is 0.785. The third-order valence-electron chi connectivity index (χ3n) is 4.41. The third kappa shape index (κ3) is 3.45. The van der Waals surface area contributed by atoms with E-state index in [2.05, 4.69) is 25.2 Å². The molecule has 3 aromatic rings. The Hall–Kier alpha value is -2.96. The Morgan fingerprint density at radius 1 is 1.28 bits per heavy atom. The van der Waals surface area contributed by atoms with Gasteiger partial charge in [0.2, 0.25) is 0 Å². The number of aryl methyl sites for hydroxylation is 2. The molecule has 128 valence electrons. The molecule has 1 unspecified atom stereocenters. The molecule has 2 aromatic heterocycles. The second-order valence-corrected chi connectivity index (χ2v) is 6.45. The van der Waals surface area contributed by atoms with E-state index in [4.69, 9.17) is 0 Å². The predicted molar refractivity (Wildman–Crippen MR) is 92.1 cm³/mol. The summed E-state index contributed by atoms with van der Waals surface area (Å²) in [5.41, 5.74) is 2.49. The van der Waals surface area contributed by atoms with Gasteiger partial charge in [-0.2, -0.15) is 0 Å². The fourth-order valence-corrected chi connectivity index (χ4v) is 3.21. The van der Waals surface area contributed by atoms with E-state index >= 15 is 0 Å². The van der Waals surface area contributed by atoms with Crippen LogP contribution >= 0.6 is 0 Å². The second kappa shape index (κ2) is 6.51. The van der Waals surface area contributed by atoms with E-state index in [0.717, 1.165) is 36.5 Å². The maximum atomic E-state index is 12.4. The summed E-state index contributed by atoms with van der Waals surface area (Å²) < 4.78 is 3.80. The highest BCUT2D eigenvalue weighted by molar-refractivity contribution is 5.92. The van der Waals surface area contributed by atoms with Gasteiger partial charge in [0, 0.05) is 25.2 Å². The summed E-state index contributed by atoms with van der Waals surface area (Å²) >= 11 is 0. The lowest BCUT2D eigenvalue weighted by Crippen LogP contribution is -2.41. The number of fused-ring (bicyclic) bond motifs is 1. The molecule has 1 amide bonds.